The average Bonchev–Trinajstić information content (AvgIpc) is 2.86. The van der Waals surface area contributed by atoms with Gasteiger partial charge >= 0.3 is 17.8 Å². The van der Waals surface area contributed by atoms with Gasteiger partial charge in [0.1, 0.15) is 11.6 Å². The number of hydrogen-bond donors (Lipinski definition) is 0. The number of halogens is 7. The molecule has 2 aromatic rings. The number of ether oxygens (including phenoxy) is 1. The Kier molecular flexibility index (Phi) is 7.77. The third-order valence-corrected chi connectivity index (χ3v) is 7.12. The number of fused-ring (bicyclic) bond motifs is 3. The summed E-state index contributed by atoms with van der Waals surface area (Å²) < 4.78 is 110. The number of esters is 1. The second kappa shape index (κ2) is 10.6. The Bertz CT molecular complexity index is 1300. The van der Waals surface area contributed by atoms with Crippen LogP contribution < -0.4 is 0 Å². The fourth-order valence-corrected chi connectivity index (χ4v) is 5.10. The van der Waals surface area contributed by atoms with E-state index < -0.39 is 64.0 Å². The molecule has 0 heterocycles. The third-order valence-electron chi connectivity index (χ3n) is 7.12. The van der Waals surface area contributed by atoms with E-state index in [0.717, 1.165) is 43.5 Å². The highest BCUT2D eigenvalue weighted by molar-refractivity contribution is 5.90. The van der Waals surface area contributed by atoms with Crippen LogP contribution in [0.15, 0.2) is 54.1 Å². The molecule has 4 rings (SSSR count). The molecule has 0 bridgehead atoms. The van der Waals surface area contributed by atoms with E-state index in [-0.39, 0.29) is 17.5 Å². The second-order valence-electron chi connectivity index (χ2n) is 9.68. The Morgan fingerprint density at radius 3 is 2.29 bits per heavy atom. The fourth-order valence-electron chi connectivity index (χ4n) is 5.10. The molecular weight excluding hydrogens is 513 g/mol. The van der Waals surface area contributed by atoms with Crippen molar-refractivity contribution in [3.05, 3.63) is 93.5 Å². The minimum Gasteiger partial charge on any atom is -0.420 e. The molecule has 2 unspecified atom stereocenters. The maximum Gasteiger partial charge on any atom is 0.343 e. The van der Waals surface area contributed by atoms with Crippen LogP contribution in [0.1, 0.15) is 78.1 Å². The number of carbonyl (C=O) groups is 1. The molecule has 204 valence electrons. The van der Waals surface area contributed by atoms with E-state index in [9.17, 15) is 13.6 Å². The van der Waals surface area contributed by atoms with Crippen LogP contribution in [0.2, 0.25) is 0 Å². The summed E-state index contributed by atoms with van der Waals surface area (Å²) >= 11 is 0. The van der Waals surface area contributed by atoms with E-state index in [2.05, 4.69) is 0 Å². The van der Waals surface area contributed by atoms with Crippen molar-refractivity contribution < 1.29 is 40.3 Å². The number of alkyl halides is 4. The van der Waals surface area contributed by atoms with Gasteiger partial charge in [0.05, 0.1) is 17.0 Å². The number of aryl methyl sites for hydroxylation is 2. The lowest BCUT2D eigenvalue weighted by Gasteiger charge is -2.43. The first-order valence-electron chi connectivity index (χ1n) is 12.6. The highest BCUT2D eigenvalue weighted by Crippen LogP contribution is 2.61. The van der Waals surface area contributed by atoms with Crippen molar-refractivity contribution in [3.8, 4) is 0 Å². The number of carbonyl (C=O) groups excluding carboxylic acids is 1. The van der Waals surface area contributed by atoms with Crippen molar-refractivity contribution >= 4 is 5.97 Å². The first-order chi connectivity index (χ1) is 17.9. The molecule has 2 atom stereocenters. The van der Waals surface area contributed by atoms with Crippen molar-refractivity contribution in [2.75, 3.05) is 0 Å². The molecule has 0 fully saturated rings. The number of allylic oxidation sites excluding steroid dienone is 3. The molecule has 9 heteroatoms. The Morgan fingerprint density at radius 2 is 1.63 bits per heavy atom. The van der Waals surface area contributed by atoms with Crippen LogP contribution in [0.4, 0.5) is 30.7 Å². The zero-order valence-electron chi connectivity index (χ0n) is 20.9. The maximum absolute atomic E-state index is 15.4. The normalized spacial score (nSPS) is 21.2. The van der Waals surface area contributed by atoms with E-state index in [4.69, 9.17) is 4.74 Å². The summed E-state index contributed by atoms with van der Waals surface area (Å²) in [6.07, 6.45) is 5.37. The number of hydrogen-bond acceptors (Lipinski definition) is 2. The number of unbranched alkanes of at least 4 members (excludes halogenated alkanes) is 2. The number of benzene rings is 2. The van der Waals surface area contributed by atoms with Crippen molar-refractivity contribution in [1.29, 1.82) is 0 Å². The molecule has 0 aliphatic heterocycles. The Labute approximate surface area is 216 Å². The summed E-state index contributed by atoms with van der Waals surface area (Å²) in [5, 5.41) is 0. The van der Waals surface area contributed by atoms with Gasteiger partial charge in [-0.25, -0.2) is 18.0 Å². The summed E-state index contributed by atoms with van der Waals surface area (Å²) in [7, 11) is 0. The standard InChI is InChI=1S/C29H27F7O2/c1-3-5-6-8-16-9-10-18(15-21(16)30)27(37)38-22-14-13-20-19-12-11-17(7-4-2)25(31)23(19)28(33,34)29(35,36)24(20)26(22)32/h9-15,20,24H,3-8H2,1-2H3. The lowest BCUT2D eigenvalue weighted by molar-refractivity contribution is -0.251. The quantitative estimate of drug-likeness (QED) is 0.190. The lowest BCUT2D eigenvalue weighted by atomic mass is 9.68. The zero-order chi connectivity index (χ0) is 27.8. The molecule has 2 aliphatic carbocycles. The number of rotatable bonds is 8. The fraction of sp³-hybridized carbons (Fsp3) is 0.414. The predicted octanol–water partition coefficient (Wildman–Crippen LogP) is 8.70. The smallest absolute Gasteiger partial charge is 0.343 e. The van der Waals surface area contributed by atoms with Gasteiger partial charge in [-0.1, -0.05) is 57.4 Å². The second-order valence-corrected chi connectivity index (χ2v) is 9.68. The van der Waals surface area contributed by atoms with Crippen LogP contribution in [0.25, 0.3) is 0 Å². The summed E-state index contributed by atoms with van der Waals surface area (Å²) in [5.74, 6) is -20.5. The molecule has 0 N–H and O–H groups in total. The molecule has 2 aromatic carbocycles. The van der Waals surface area contributed by atoms with Crippen molar-refractivity contribution in [1.82, 2.24) is 0 Å². The first-order valence-corrected chi connectivity index (χ1v) is 12.6. The van der Waals surface area contributed by atoms with Gasteiger partial charge in [0.2, 0.25) is 0 Å². The molecule has 0 amide bonds. The van der Waals surface area contributed by atoms with Gasteiger partial charge in [-0.3, -0.25) is 0 Å². The largest absolute Gasteiger partial charge is 0.420 e. The summed E-state index contributed by atoms with van der Waals surface area (Å²) in [6, 6.07) is 5.89. The highest BCUT2D eigenvalue weighted by atomic mass is 19.3. The van der Waals surface area contributed by atoms with Gasteiger partial charge in [0.15, 0.2) is 11.6 Å². The maximum atomic E-state index is 15.4. The van der Waals surface area contributed by atoms with E-state index in [0.29, 0.717) is 18.4 Å². The topological polar surface area (TPSA) is 26.3 Å². The zero-order valence-corrected chi connectivity index (χ0v) is 20.9. The third kappa shape index (κ3) is 4.64. The Balaban J connectivity index is 1.65. The Morgan fingerprint density at radius 1 is 0.921 bits per heavy atom. The van der Waals surface area contributed by atoms with Gasteiger partial charge in [0, 0.05) is 5.92 Å². The van der Waals surface area contributed by atoms with Crippen LogP contribution in [0, 0.1) is 17.6 Å². The first kappa shape index (κ1) is 27.9. The predicted molar refractivity (Wildman–Crippen MR) is 128 cm³/mol. The van der Waals surface area contributed by atoms with Crippen molar-refractivity contribution in [3.63, 3.8) is 0 Å². The lowest BCUT2D eigenvalue weighted by Crippen LogP contribution is -2.52. The molecule has 0 saturated heterocycles. The molecule has 2 aliphatic rings. The van der Waals surface area contributed by atoms with Crippen molar-refractivity contribution in [2.24, 2.45) is 5.92 Å². The molecule has 0 saturated carbocycles. The molecular formula is C29H27F7O2. The van der Waals surface area contributed by atoms with Crippen LogP contribution in [-0.2, 0) is 23.5 Å². The van der Waals surface area contributed by atoms with E-state index in [1.807, 2.05) is 6.92 Å². The highest BCUT2D eigenvalue weighted by Gasteiger charge is 2.70. The summed E-state index contributed by atoms with van der Waals surface area (Å²) in [5.41, 5.74) is -1.95. The van der Waals surface area contributed by atoms with Crippen LogP contribution in [0.3, 0.4) is 0 Å². The molecule has 0 radical (unpaired) electrons. The van der Waals surface area contributed by atoms with Crippen LogP contribution in [-0.4, -0.2) is 11.9 Å². The average molecular weight is 541 g/mol. The monoisotopic (exact) mass is 540 g/mol. The molecule has 0 aromatic heterocycles. The van der Waals surface area contributed by atoms with Gasteiger partial charge in [0.25, 0.3) is 0 Å². The SMILES string of the molecule is CCCCCc1ccc(C(=O)OC2=C(F)C3C(C=C2)c2ccc(CCC)c(F)c2C(F)(F)C3(F)F)cc1F. The van der Waals surface area contributed by atoms with Crippen molar-refractivity contribution in [2.45, 2.75) is 70.1 Å². The van der Waals surface area contributed by atoms with Crippen LogP contribution in [0.5, 0.6) is 0 Å². The van der Waals surface area contributed by atoms with Gasteiger partial charge in [-0.05, 0) is 54.2 Å². The van der Waals surface area contributed by atoms with Crippen LogP contribution >= 0.6 is 0 Å². The molecule has 38 heavy (non-hydrogen) atoms. The minimum atomic E-state index is -5.03. The van der Waals surface area contributed by atoms with Gasteiger partial charge in [-0.15, -0.1) is 0 Å². The van der Waals surface area contributed by atoms with Gasteiger partial charge < -0.3 is 4.74 Å². The van der Waals surface area contributed by atoms with E-state index >= 15 is 22.0 Å². The van der Waals surface area contributed by atoms with E-state index in [1.165, 1.54) is 18.2 Å². The minimum absolute atomic E-state index is 0.0688. The molecule has 0 spiro atoms. The van der Waals surface area contributed by atoms with E-state index in [1.54, 1.807) is 6.92 Å². The summed E-state index contributed by atoms with van der Waals surface area (Å²) in [6.45, 7) is 3.68. The Hall–Kier alpha value is -3.10. The molecule has 2 nitrogen and oxygen atoms in total. The van der Waals surface area contributed by atoms with Gasteiger partial charge in [-0.2, -0.15) is 17.6 Å². The summed E-state index contributed by atoms with van der Waals surface area (Å²) in [4.78, 5) is 12.6.